The number of rotatable bonds is 5. The summed E-state index contributed by atoms with van der Waals surface area (Å²) in [5.41, 5.74) is 4.76. The van der Waals surface area contributed by atoms with Crippen LogP contribution in [0.2, 0.25) is 0 Å². The normalized spacial score (nSPS) is 12.6. The summed E-state index contributed by atoms with van der Waals surface area (Å²) in [7, 11) is 0. The monoisotopic (exact) mass is 651 g/mol. The first kappa shape index (κ1) is 25.3. The number of hydrogen-bond donors (Lipinski definition) is 0. The molecule has 0 radical (unpaired) electrons. The van der Waals surface area contributed by atoms with E-state index < -0.39 is 0 Å². The second-order valence-electron chi connectivity index (χ2n) is 13.1. The molecule has 10 aromatic carbocycles. The van der Waals surface area contributed by atoms with Gasteiger partial charge < -0.3 is 4.90 Å². The third-order valence-corrected chi connectivity index (χ3v) is 10.1. The highest BCUT2D eigenvalue weighted by molar-refractivity contribution is 6.14. The zero-order chi connectivity index (χ0) is 37.2. The Kier molecular flexibility index (Phi) is 5.96. The average molecular weight is 652 g/mol. The van der Waals surface area contributed by atoms with Gasteiger partial charge in [0.2, 0.25) is 0 Å². The average Bonchev–Trinajstić information content (AvgIpc) is 3.24. The first-order valence-corrected chi connectivity index (χ1v) is 17.3. The highest BCUT2D eigenvalue weighted by Crippen LogP contribution is 2.43. The Morgan fingerprint density at radius 1 is 0.294 bits per heavy atom. The van der Waals surface area contributed by atoms with Gasteiger partial charge in [0.1, 0.15) is 0 Å². The minimum atomic E-state index is -0.107. The molecule has 0 aliphatic rings. The van der Waals surface area contributed by atoms with Crippen molar-refractivity contribution >= 4 is 70.9 Å². The second-order valence-corrected chi connectivity index (χ2v) is 13.1. The summed E-state index contributed by atoms with van der Waals surface area (Å²) in [6.45, 7) is 0. The van der Waals surface area contributed by atoms with E-state index in [9.17, 15) is 5.48 Å². The molecule has 238 valence electrons. The van der Waals surface area contributed by atoms with E-state index in [1.807, 2.05) is 83.8 Å². The van der Waals surface area contributed by atoms with Crippen LogP contribution in [0.5, 0.6) is 0 Å². The fourth-order valence-corrected chi connectivity index (χ4v) is 7.50. The Labute approximate surface area is 302 Å². The molecular weight excluding hydrogens is 615 g/mol. The number of hydrogen-bond acceptors (Lipinski definition) is 1. The van der Waals surface area contributed by atoms with Crippen molar-refractivity contribution in [2.24, 2.45) is 0 Å². The fourth-order valence-electron chi connectivity index (χ4n) is 7.50. The van der Waals surface area contributed by atoms with E-state index in [1.165, 1.54) is 5.39 Å². The van der Waals surface area contributed by atoms with Crippen LogP contribution >= 0.6 is 0 Å². The van der Waals surface area contributed by atoms with Crippen LogP contribution in [0.25, 0.3) is 76.1 Å². The van der Waals surface area contributed by atoms with Gasteiger partial charge in [-0.3, -0.25) is 0 Å². The van der Waals surface area contributed by atoms with E-state index in [1.54, 1.807) is 0 Å². The van der Waals surface area contributed by atoms with E-state index in [-0.39, 0.29) is 35.4 Å². The molecule has 10 rings (SSSR count). The summed E-state index contributed by atoms with van der Waals surface area (Å²) in [5, 5.41) is 10.7. The number of fused-ring (bicyclic) bond motifs is 7. The Balaban J connectivity index is 1.20. The molecule has 0 unspecified atom stereocenters. The van der Waals surface area contributed by atoms with Crippen molar-refractivity contribution < 1.29 is 5.48 Å². The first-order chi connectivity index (χ1) is 26.9. The number of nitrogens with zero attached hydrogens (tertiary/aromatic N) is 1. The van der Waals surface area contributed by atoms with Gasteiger partial charge in [-0.25, -0.2) is 0 Å². The SMILES string of the molecule is [2H]c1c([2H])c(N(c2ccc(-c3ccc4ccccc4c3)cc2)c2cc3ccccc3c3ccccc23)c([2H])c([2H])c1-c1ccc2ccc3ccccc3c2c1. The number of benzene rings is 10. The maximum Gasteiger partial charge on any atom is 0.0645 e. The smallest absolute Gasteiger partial charge is 0.0645 e. The van der Waals surface area contributed by atoms with Crippen molar-refractivity contribution in [3.05, 3.63) is 200 Å². The predicted octanol–water partition coefficient (Wildman–Crippen LogP) is 14.3. The van der Waals surface area contributed by atoms with Crippen LogP contribution in [-0.2, 0) is 0 Å². The molecule has 0 fully saturated rings. The summed E-state index contributed by atoms with van der Waals surface area (Å²) < 4.78 is 38.3. The molecule has 0 aliphatic heterocycles. The van der Waals surface area contributed by atoms with Gasteiger partial charge in [0.05, 0.1) is 11.2 Å². The Hall–Kier alpha value is -6.70. The minimum absolute atomic E-state index is 0.0848. The van der Waals surface area contributed by atoms with E-state index in [2.05, 4.69) is 97.1 Å². The highest BCUT2D eigenvalue weighted by atomic mass is 15.1. The van der Waals surface area contributed by atoms with E-state index in [0.717, 1.165) is 71.0 Å². The zero-order valence-electron chi connectivity index (χ0n) is 31.7. The molecule has 0 atom stereocenters. The largest absolute Gasteiger partial charge is 0.310 e. The molecule has 51 heavy (non-hydrogen) atoms. The van der Waals surface area contributed by atoms with Crippen molar-refractivity contribution in [3.8, 4) is 22.3 Å². The van der Waals surface area contributed by atoms with Gasteiger partial charge in [0.25, 0.3) is 0 Å². The van der Waals surface area contributed by atoms with Crippen LogP contribution in [0.15, 0.2) is 200 Å². The third kappa shape index (κ3) is 5.10. The lowest BCUT2D eigenvalue weighted by molar-refractivity contribution is 1.30. The molecule has 0 spiro atoms. The minimum Gasteiger partial charge on any atom is -0.310 e. The van der Waals surface area contributed by atoms with Crippen molar-refractivity contribution in [3.63, 3.8) is 0 Å². The maximum atomic E-state index is 9.64. The molecule has 0 heterocycles. The summed E-state index contributed by atoms with van der Waals surface area (Å²) in [4.78, 5) is 1.91. The molecule has 1 nitrogen and oxygen atoms in total. The number of anilines is 3. The van der Waals surface area contributed by atoms with Crippen LogP contribution in [0, 0.1) is 0 Å². The van der Waals surface area contributed by atoms with Crippen molar-refractivity contribution in [1.82, 2.24) is 0 Å². The van der Waals surface area contributed by atoms with Gasteiger partial charge in [0, 0.05) is 16.8 Å². The van der Waals surface area contributed by atoms with Gasteiger partial charge in [-0.2, -0.15) is 0 Å². The molecular formula is C50H33N. The van der Waals surface area contributed by atoms with Gasteiger partial charge >= 0.3 is 0 Å². The third-order valence-electron chi connectivity index (χ3n) is 10.1. The molecule has 0 saturated carbocycles. The van der Waals surface area contributed by atoms with Crippen molar-refractivity contribution in [2.45, 2.75) is 0 Å². The lowest BCUT2D eigenvalue weighted by atomic mass is 9.96. The zero-order valence-corrected chi connectivity index (χ0v) is 27.7. The van der Waals surface area contributed by atoms with E-state index in [0.29, 0.717) is 5.56 Å². The molecule has 0 bridgehead atoms. The van der Waals surface area contributed by atoms with Gasteiger partial charge in [-0.05, 0) is 113 Å². The van der Waals surface area contributed by atoms with Crippen LogP contribution in [0.1, 0.15) is 5.48 Å². The Morgan fingerprint density at radius 3 is 1.55 bits per heavy atom. The van der Waals surface area contributed by atoms with E-state index >= 15 is 0 Å². The summed E-state index contributed by atoms with van der Waals surface area (Å²) in [6, 6.07) is 59.4. The maximum absolute atomic E-state index is 9.64. The molecule has 0 saturated heterocycles. The molecule has 1 heteroatoms. The second kappa shape index (κ2) is 12.0. The van der Waals surface area contributed by atoms with Crippen LogP contribution in [-0.4, -0.2) is 0 Å². The molecule has 0 amide bonds. The van der Waals surface area contributed by atoms with Crippen LogP contribution in [0.3, 0.4) is 0 Å². The summed E-state index contributed by atoms with van der Waals surface area (Å²) in [5.74, 6) is 0. The lowest BCUT2D eigenvalue weighted by Crippen LogP contribution is -2.10. The molecule has 0 aliphatic carbocycles. The van der Waals surface area contributed by atoms with Gasteiger partial charge in [0.15, 0.2) is 0 Å². The Morgan fingerprint density at radius 2 is 0.804 bits per heavy atom. The Bertz CT molecular complexity index is 3120. The van der Waals surface area contributed by atoms with Crippen molar-refractivity contribution in [1.29, 1.82) is 0 Å². The molecule has 0 aromatic heterocycles. The van der Waals surface area contributed by atoms with Crippen LogP contribution < -0.4 is 4.90 Å². The van der Waals surface area contributed by atoms with E-state index in [4.69, 9.17) is 0 Å². The van der Waals surface area contributed by atoms with Crippen LogP contribution in [0.4, 0.5) is 17.1 Å². The lowest BCUT2D eigenvalue weighted by Gasteiger charge is -2.28. The molecule has 10 aromatic rings. The highest BCUT2D eigenvalue weighted by Gasteiger charge is 2.18. The standard InChI is InChI=1S/C50H33N/c1-2-11-39-31-40(21-17-34(39)9-1)35-23-27-43(28-24-35)51(50-33-42-12-4-6-14-46(42)47-15-7-8-16-48(47)50)44-29-25-36(26-30-44)41-22-20-38-19-18-37-10-3-5-13-45(37)49(38)32-41/h1-33H/i25D,26D,29D,30D. The molecule has 0 N–H and O–H groups in total. The predicted molar refractivity (Wildman–Crippen MR) is 220 cm³/mol. The summed E-state index contributed by atoms with van der Waals surface area (Å²) >= 11 is 0. The van der Waals surface area contributed by atoms with Gasteiger partial charge in [-0.15, -0.1) is 0 Å². The topological polar surface area (TPSA) is 3.24 Å². The quantitative estimate of drug-likeness (QED) is 0.167. The fraction of sp³-hybridized carbons (Fsp3) is 0. The van der Waals surface area contributed by atoms with Crippen molar-refractivity contribution in [2.75, 3.05) is 4.90 Å². The summed E-state index contributed by atoms with van der Waals surface area (Å²) in [6.07, 6.45) is 0. The van der Waals surface area contributed by atoms with Gasteiger partial charge in [-0.1, -0.05) is 158 Å². The first-order valence-electron chi connectivity index (χ1n) is 19.3.